The second kappa shape index (κ2) is 9.89. The highest BCUT2D eigenvalue weighted by molar-refractivity contribution is 9.10. The minimum atomic E-state index is -1.08. The molecule has 0 saturated carbocycles. The average Bonchev–Trinajstić information content (AvgIpc) is 3.34. The molecule has 1 fully saturated rings. The molecule has 2 aromatic rings. The number of amides is 2. The number of benzene rings is 1. The first-order chi connectivity index (χ1) is 13.4. The molecule has 8 nitrogen and oxygen atoms in total. The van der Waals surface area contributed by atoms with Crippen molar-refractivity contribution < 1.29 is 19.4 Å². The van der Waals surface area contributed by atoms with Crippen molar-refractivity contribution in [3.8, 4) is 11.3 Å². The minimum absolute atomic E-state index is 0. The molecule has 3 atom stereocenters. The maximum atomic E-state index is 13.0. The summed E-state index contributed by atoms with van der Waals surface area (Å²) in [6.45, 7) is 1.99. The molecule has 2 amide bonds. The predicted molar refractivity (Wildman–Crippen MR) is 113 cm³/mol. The van der Waals surface area contributed by atoms with Crippen molar-refractivity contribution in [3.63, 3.8) is 0 Å². The lowest BCUT2D eigenvalue weighted by Gasteiger charge is -2.29. The lowest BCUT2D eigenvalue weighted by Crippen LogP contribution is -2.53. The van der Waals surface area contributed by atoms with Gasteiger partial charge in [-0.25, -0.2) is 9.78 Å². The summed E-state index contributed by atoms with van der Waals surface area (Å²) in [5.41, 5.74) is 1.86. The number of imidazole rings is 1. The summed E-state index contributed by atoms with van der Waals surface area (Å²) in [7, 11) is 1.21. The van der Waals surface area contributed by atoms with Crippen molar-refractivity contribution in [2.75, 3.05) is 13.7 Å². The second-order valence-electron chi connectivity index (χ2n) is 6.73. The predicted octanol–water partition coefficient (Wildman–Crippen LogP) is 3.24. The van der Waals surface area contributed by atoms with Gasteiger partial charge in [0.2, 0.25) is 5.91 Å². The Balaban J connectivity index is 0.00000300. The van der Waals surface area contributed by atoms with E-state index in [1.54, 1.807) is 11.1 Å². The smallest absolute Gasteiger partial charge is 0.407 e. The van der Waals surface area contributed by atoms with Gasteiger partial charge in [0.05, 0.1) is 31.1 Å². The number of aliphatic hydroxyl groups excluding tert-OH is 1. The normalized spacial score (nSPS) is 17.9. The molecule has 1 aliphatic rings. The first-order valence-electron chi connectivity index (χ1n) is 9.04. The van der Waals surface area contributed by atoms with Crippen molar-refractivity contribution >= 4 is 27.9 Å². The third kappa shape index (κ3) is 5.16. The summed E-state index contributed by atoms with van der Waals surface area (Å²) < 4.78 is 5.55. The van der Waals surface area contributed by atoms with Crippen LogP contribution in [0.3, 0.4) is 0 Å². The Hall–Kier alpha value is -2.39. The zero-order valence-electron chi connectivity index (χ0n) is 15.7. The first kappa shape index (κ1) is 22.9. The highest BCUT2D eigenvalue weighted by atomic mass is 79.9. The van der Waals surface area contributed by atoms with E-state index in [2.05, 4.69) is 36.0 Å². The van der Waals surface area contributed by atoms with Gasteiger partial charge in [0, 0.05) is 11.0 Å². The maximum absolute atomic E-state index is 13.0. The summed E-state index contributed by atoms with van der Waals surface area (Å²) >= 11 is 3.42. The van der Waals surface area contributed by atoms with Gasteiger partial charge in [0.1, 0.15) is 11.9 Å². The third-order valence-electron chi connectivity index (χ3n) is 4.81. The zero-order valence-corrected chi connectivity index (χ0v) is 17.3. The lowest BCUT2D eigenvalue weighted by atomic mass is 10.1. The van der Waals surface area contributed by atoms with E-state index in [9.17, 15) is 14.7 Å². The molecule has 0 spiro atoms. The van der Waals surface area contributed by atoms with Crippen molar-refractivity contribution in [2.24, 2.45) is 0 Å². The van der Waals surface area contributed by atoms with Gasteiger partial charge in [-0.1, -0.05) is 35.5 Å². The Morgan fingerprint density at radius 1 is 1.38 bits per heavy atom. The number of aliphatic hydroxyl groups is 1. The van der Waals surface area contributed by atoms with Gasteiger partial charge in [0.25, 0.3) is 0 Å². The van der Waals surface area contributed by atoms with Gasteiger partial charge in [-0.2, -0.15) is 0 Å². The third-order valence-corrected chi connectivity index (χ3v) is 5.34. The Labute approximate surface area is 178 Å². The Morgan fingerprint density at radius 2 is 2.07 bits per heavy atom. The number of carbonyl (C=O) groups is 2. The molecule has 29 heavy (non-hydrogen) atoms. The number of methoxy groups -OCH3 is 1. The van der Waals surface area contributed by atoms with Crippen molar-refractivity contribution in [3.05, 3.63) is 40.8 Å². The molecular formula is C20H27BrN4O4. The van der Waals surface area contributed by atoms with Crippen molar-refractivity contribution in [1.82, 2.24) is 20.2 Å². The monoisotopic (exact) mass is 466 g/mol. The average molecular weight is 467 g/mol. The number of halogens is 1. The van der Waals surface area contributed by atoms with Crippen molar-refractivity contribution in [1.29, 1.82) is 0 Å². The number of carbonyl (C=O) groups excluding carboxylic acids is 2. The van der Waals surface area contributed by atoms with Crippen LogP contribution in [0, 0.1) is 0 Å². The summed E-state index contributed by atoms with van der Waals surface area (Å²) in [4.78, 5) is 34.0. The molecular weight excluding hydrogens is 440 g/mol. The molecule has 3 rings (SSSR count). The Kier molecular flexibility index (Phi) is 7.80. The summed E-state index contributed by atoms with van der Waals surface area (Å²) in [6.07, 6.45) is 1.51. The van der Waals surface area contributed by atoms with Crippen LogP contribution in [0.1, 0.15) is 39.1 Å². The van der Waals surface area contributed by atoms with E-state index in [4.69, 9.17) is 0 Å². The Morgan fingerprint density at radius 3 is 2.69 bits per heavy atom. The van der Waals surface area contributed by atoms with Gasteiger partial charge >= 0.3 is 6.09 Å². The molecule has 1 aliphatic heterocycles. The molecule has 1 saturated heterocycles. The molecule has 1 aromatic heterocycles. The second-order valence-corrected chi connectivity index (χ2v) is 7.65. The van der Waals surface area contributed by atoms with Gasteiger partial charge in [0.15, 0.2) is 0 Å². The molecule has 0 aliphatic carbocycles. The summed E-state index contributed by atoms with van der Waals surface area (Å²) in [5, 5.41) is 12.4. The van der Waals surface area contributed by atoms with Crippen LogP contribution in [-0.2, 0) is 9.53 Å². The lowest BCUT2D eigenvalue weighted by molar-refractivity contribution is -0.137. The van der Waals surface area contributed by atoms with Crippen molar-refractivity contribution in [2.45, 2.75) is 45.4 Å². The largest absolute Gasteiger partial charge is 0.453 e. The fourth-order valence-corrected chi connectivity index (χ4v) is 3.61. The van der Waals surface area contributed by atoms with Crippen LogP contribution in [0.25, 0.3) is 11.3 Å². The number of aromatic amines is 1. The number of likely N-dealkylation sites (tertiary alicyclic amines) is 1. The fourth-order valence-electron chi connectivity index (χ4n) is 3.35. The zero-order chi connectivity index (χ0) is 20.3. The molecule has 0 unspecified atom stereocenters. The topological polar surface area (TPSA) is 108 Å². The van der Waals surface area contributed by atoms with Crippen LogP contribution in [0.5, 0.6) is 0 Å². The van der Waals surface area contributed by atoms with Gasteiger partial charge in [-0.15, -0.1) is 0 Å². The number of alkyl carbamates (subject to hydrolysis) is 1. The van der Waals surface area contributed by atoms with E-state index < -0.39 is 18.2 Å². The highest BCUT2D eigenvalue weighted by Gasteiger charge is 2.38. The minimum Gasteiger partial charge on any atom is -0.453 e. The van der Waals surface area contributed by atoms with Crippen LogP contribution in [0.15, 0.2) is 34.9 Å². The standard InChI is InChI=1S/C19H23BrN4O4.CH4/c1-11(25)16(23-19(27)28-2)18(26)24-9-3-4-15(24)17-21-10-14(22-17)12-5-7-13(20)8-6-12;/h5-8,10-11,15-16,25H,3-4,9H2,1-2H3,(H,21,22)(H,23,27);1H4/t11-,15+,16+;/m1./s1. The maximum Gasteiger partial charge on any atom is 0.407 e. The van der Waals surface area contributed by atoms with Crippen LogP contribution >= 0.6 is 15.9 Å². The van der Waals surface area contributed by atoms with E-state index in [1.165, 1.54) is 14.0 Å². The van der Waals surface area contributed by atoms with E-state index in [1.807, 2.05) is 24.3 Å². The van der Waals surface area contributed by atoms with Crippen LogP contribution in [-0.4, -0.2) is 57.8 Å². The summed E-state index contributed by atoms with van der Waals surface area (Å²) in [6, 6.07) is 6.54. The Bertz CT molecular complexity index is 837. The van der Waals surface area contributed by atoms with Crippen LogP contribution < -0.4 is 5.32 Å². The van der Waals surface area contributed by atoms with Gasteiger partial charge < -0.3 is 25.0 Å². The van der Waals surface area contributed by atoms with E-state index in [0.29, 0.717) is 12.4 Å². The van der Waals surface area contributed by atoms with E-state index in [-0.39, 0.29) is 19.4 Å². The number of H-pyrrole nitrogens is 1. The highest BCUT2D eigenvalue weighted by Crippen LogP contribution is 2.32. The van der Waals surface area contributed by atoms with Crippen LogP contribution in [0.4, 0.5) is 4.79 Å². The van der Waals surface area contributed by atoms with E-state index in [0.717, 1.165) is 28.6 Å². The number of nitrogens with one attached hydrogen (secondary N) is 2. The van der Waals surface area contributed by atoms with E-state index >= 15 is 0 Å². The number of ether oxygens (including phenoxy) is 1. The molecule has 3 N–H and O–H groups in total. The quantitative estimate of drug-likeness (QED) is 0.626. The molecule has 0 radical (unpaired) electrons. The SMILES string of the molecule is C.COC(=O)N[C@H](C(=O)N1CCC[C@H]1c1ncc(-c2ccc(Br)cc2)[nH]1)[C@@H](C)O. The summed E-state index contributed by atoms with van der Waals surface area (Å²) in [5.74, 6) is 0.329. The molecule has 2 heterocycles. The molecule has 1 aromatic carbocycles. The number of aromatic nitrogens is 2. The number of rotatable bonds is 5. The number of hydrogen-bond donors (Lipinski definition) is 3. The molecule has 158 valence electrons. The van der Waals surface area contributed by atoms with Gasteiger partial charge in [-0.05, 0) is 37.5 Å². The first-order valence-corrected chi connectivity index (χ1v) is 9.84. The number of hydrogen-bond acceptors (Lipinski definition) is 5. The molecule has 9 heteroatoms. The van der Waals surface area contributed by atoms with Crippen LogP contribution in [0.2, 0.25) is 0 Å². The number of nitrogens with zero attached hydrogens (tertiary/aromatic N) is 2. The fraction of sp³-hybridized carbons (Fsp3) is 0.450. The molecule has 0 bridgehead atoms. The van der Waals surface area contributed by atoms with Gasteiger partial charge in [-0.3, -0.25) is 4.79 Å².